The number of rotatable bonds is 6. The van der Waals surface area contributed by atoms with Crippen molar-refractivity contribution in [2.45, 2.75) is 32.9 Å². The predicted octanol–water partition coefficient (Wildman–Crippen LogP) is 1.10. The molecule has 0 spiro atoms. The molecule has 0 aromatic carbocycles. The molecular formula is C15H26N4O. The summed E-state index contributed by atoms with van der Waals surface area (Å²) >= 11 is 0. The summed E-state index contributed by atoms with van der Waals surface area (Å²) in [4.78, 5) is 7.00. The van der Waals surface area contributed by atoms with E-state index in [9.17, 15) is 0 Å². The molecule has 5 nitrogen and oxygen atoms in total. The summed E-state index contributed by atoms with van der Waals surface area (Å²) in [5.41, 5.74) is 0.296. The lowest BCUT2D eigenvalue weighted by atomic mass is 9.86. The highest BCUT2D eigenvalue weighted by molar-refractivity contribution is 4.97. The lowest BCUT2D eigenvalue weighted by Gasteiger charge is -2.36. The van der Waals surface area contributed by atoms with Crippen LogP contribution in [0.15, 0.2) is 12.4 Å². The molecule has 2 aliphatic rings. The van der Waals surface area contributed by atoms with E-state index in [2.05, 4.69) is 32.9 Å². The zero-order valence-electron chi connectivity index (χ0n) is 12.5. The highest BCUT2D eigenvalue weighted by Gasteiger charge is 2.37. The Bertz CT molecular complexity index is 425. The number of fused-ring (bicyclic) bond motifs is 1. The molecule has 1 aromatic rings. The Hall–Kier alpha value is -0.910. The van der Waals surface area contributed by atoms with Crippen molar-refractivity contribution in [2.75, 3.05) is 39.4 Å². The van der Waals surface area contributed by atoms with E-state index in [-0.39, 0.29) is 0 Å². The van der Waals surface area contributed by atoms with Crippen LogP contribution < -0.4 is 5.32 Å². The molecule has 1 N–H and O–H groups in total. The van der Waals surface area contributed by atoms with Crippen molar-refractivity contribution < 1.29 is 4.74 Å². The van der Waals surface area contributed by atoms with Crippen LogP contribution in [0, 0.1) is 5.41 Å². The average Bonchev–Trinajstić information content (AvgIpc) is 3.08. The average molecular weight is 278 g/mol. The standard InChI is InChI=1S/C15H26N4O/c1-2-4-16-11-15(3-9-20-13-15)12-18-7-8-19-6-5-17-14(19)10-18/h5-6,16H,2-4,7-13H2,1H3. The van der Waals surface area contributed by atoms with Crippen molar-refractivity contribution in [1.82, 2.24) is 19.8 Å². The molecular weight excluding hydrogens is 252 g/mol. The second-order valence-electron chi connectivity index (χ2n) is 6.23. The van der Waals surface area contributed by atoms with Crippen LogP contribution in [-0.4, -0.2) is 53.8 Å². The van der Waals surface area contributed by atoms with E-state index in [0.717, 1.165) is 52.5 Å². The zero-order valence-corrected chi connectivity index (χ0v) is 12.5. The largest absolute Gasteiger partial charge is 0.381 e. The maximum absolute atomic E-state index is 5.70. The van der Waals surface area contributed by atoms with E-state index >= 15 is 0 Å². The monoisotopic (exact) mass is 278 g/mol. The second-order valence-corrected chi connectivity index (χ2v) is 6.23. The first-order valence-corrected chi connectivity index (χ1v) is 7.82. The van der Waals surface area contributed by atoms with E-state index in [0.29, 0.717) is 5.41 Å². The molecule has 1 saturated heterocycles. The Labute approximate surface area is 121 Å². The van der Waals surface area contributed by atoms with Gasteiger partial charge in [0.05, 0.1) is 13.2 Å². The Morgan fingerprint density at radius 1 is 1.45 bits per heavy atom. The van der Waals surface area contributed by atoms with Gasteiger partial charge >= 0.3 is 0 Å². The number of hydrogen-bond acceptors (Lipinski definition) is 4. The molecule has 5 heteroatoms. The summed E-state index contributed by atoms with van der Waals surface area (Å²) in [6, 6.07) is 0. The van der Waals surface area contributed by atoms with Gasteiger partial charge in [0.1, 0.15) is 5.82 Å². The number of nitrogens with zero attached hydrogens (tertiary/aromatic N) is 3. The van der Waals surface area contributed by atoms with Crippen molar-refractivity contribution in [2.24, 2.45) is 5.41 Å². The molecule has 2 aliphatic heterocycles. The number of ether oxygens (including phenoxy) is 1. The van der Waals surface area contributed by atoms with Gasteiger partial charge in [-0.3, -0.25) is 4.90 Å². The van der Waals surface area contributed by atoms with Crippen molar-refractivity contribution >= 4 is 0 Å². The third kappa shape index (κ3) is 3.05. The molecule has 1 atom stereocenters. The molecule has 1 aromatic heterocycles. The number of hydrogen-bond donors (Lipinski definition) is 1. The van der Waals surface area contributed by atoms with Gasteiger partial charge in [-0.1, -0.05) is 6.92 Å². The van der Waals surface area contributed by atoms with Crippen LogP contribution in [0.4, 0.5) is 0 Å². The predicted molar refractivity (Wildman–Crippen MR) is 78.5 cm³/mol. The first-order valence-electron chi connectivity index (χ1n) is 7.82. The first-order chi connectivity index (χ1) is 9.81. The summed E-state index contributed by atoms with van der Waals surface area (Å²) in [5, 5.41) is 3.59. The molecule has 3 rings (SSSR count). The van der Waals surface area contributed by atoms with Gasteiger partial charge in [0.2, 0.25) is 0 Å². The molecule has 1 unspecified atom stereocenters. The molecule has 112 valence electrons. The van der Waals surface area contributed by atoms with Crippen LogP contribution in [0.3, 0.4) is 0 Å². The molecule has 1 fully saturated rings. The summed E-state index contributed by atoms with van der Waals surface area (Å²) < 4.78 is 7.97. The van der Waals surface area contributed by atoms with Gasteiger partial charge in [0.25, 0.3) is 0 Å². The first kappa shape index (κ1) is 14.0. The van der Waals surface area contributed by atoms with Crippen LogP contribution in [0.25, 0.3) is 0 Å². The SMILES string of the molecule is CCCNCC1(CN2CCn3ccnc3C2)CCOC1. The topological polar surface area (TPSA) is 42.3 Å². The van der Waals surface area contributed by atoms with Gasteiger partial charge in [-0.2, -0.15) is 0 Å². The van der Waals surface area contributed by atoms with E-state index in [1.165, 1.54) is 18.7 Å². The van der Waals surface area contributed by atoms with E-state index in [1.807, 2.05) is 6.20 Å². The molecule has 0 bridgehead atoms. The highest BCUT2D eigenvalue weighted by Crippen LogP contribution is 2.30. The van der Waals surface area contributed by atoms with Crippen LogP contribution in [-0.2, 0) is 17.8 Å². The minimum absolute atomic E-state index is 0.296. The van der Waals surface area contributed by atoms with Gasteiger partial charge in [0, 0.05) is 50.6 Å². The fraction of sp³-hybridized carbons (Fsp3) is 0.800. The van der Waals surface area contributed by atoms with E-state index in [4.69, 9.17) is 4.74 Å². The quantitative estimate of drug-likeness (QED) is 0.792. The van der Waals surface area contributed by atoms with E-state index < -0.39 is 0 Å². The van der Waals surface area contributed by atoms with E-state index in [1.54, 1.807) is 0 Å². The fourth-order valence-corrected chi connectivity index (χ4v) is 3.33. The highest BCUT2D eigenvalue weighted by atomic mass is 16.5. The fourth-order valence-electron chi connectivity index (χ4n) is 3.33. The second kappa shape index (κ2) is 6.24. The Balaban J connectivity index is 1.59. The minimum atomic E-state index is 0.296. The lowest BCUT2D eigenvalue weighted by molar-refractivity contribution is 0.0935. The Kier molecular flexibility index (Phi) is 4.38. The Morgan fingerprint density at radius 3 is 3.20 bits per heavy atom. The molecule has 0 amide bonds. The minimum Gasteiger partial charge on any atom is -0.381 e. The van der Waals surface area contributed by atoms with Crippen molar-refractivity contribution in [1.29, 1.82) is 0 Å². The lowest BCUT2D eigenvalue weighted by Crippen LogP contribution is -2.47. The smallest absolute Gasteiger partial charge is 0.122 e. The summed E-state index contributed by atoms with van der Waals surface area (Å²) in [7, 11) is 0. The third-order valence-corrected chi connectivity index (χ3v) is 4.49. The van der Waals surface area contributed by atoms with Gasteiger partial charge in [-0.25, -0.2) is 4.98 Å². The molecule has 0 aliphatic carbocycles. The Morgan fingerprint density at radius 2 is 2.40 bits per heavy atom. The van der Waals surface area contributed by atoms with Crippen LogP contribution >= 0.6 is 0 Å². The summed E-state index contributed by atoms with van der Waals surface area (Å²) in [5.74, 6) is 1.20. The number of aromatic nitrogens is 2. The van der Waals surface area contributed by atoms with Gasteiger partial charge in [0.15, 0.2) is 0 Å². The maximum Gasteiger partial charge on any atom is 0.122 e. The van der Waals surface area contributed by atoms with Crippen LogP contribution in [0.2, 0.25) is 0 Å². The zero-order chi connectivity index (χ0) is 13.8. The maximum atomic E-state index is 5.70. The molecule has 20 heavy (non-hydrogen) atoms. The third-order valence-electron chi connectivity index (χ3n) is 4.49. The number of imidazole rings is 1. The summed E-state index contributed by atoms with van der Waals surface area (Å²) in [6.07, 6.45) is 6.37. The normalized spacial score (nSPS) is 26.9. The van der Waals surface area contributed by atoms with Crippen LogP contribution in [0.1, 0.15) is 25.6 Å². The van der Waals surface area contributed by atoms with Crippen LogP contribution in [0.5, 0.6) is 0 Å². The van der Waals surface area contributed by atoms with Crippen molar-refractivity contribution in [3.05, 3.63) is 18.2 Å². The molecule has 0 saturated carbocycles. The number of nitrogens with one attached hydrogen (secondary N) is 1. The molecule has 0 radical (unpaired) electrons. The van der Waals surface area contributed by atoms with Gasteiger partial charge in [-0.05, 0) is 19.4 Å². The molecule has 3 heterocycles. The van der Waals surface area contributed by atoms with Crippen molar-refractivity contribution in [3.8, 4) is 0 Å². The van der Waals surface area contributed by atoms with Crippen molar-refractivity contribution in [3.63, 3.8) is 0 Å². The summed E-state index contributed by atoms with van der Waals surface area (Å²) in [6.45, 7) is 10.5. The van der Waals surface area contributed by atoms with Gasteiger partial charge < -0.3 is 14.6 Å². The van der Waals surface area contributed by atoms with Gasteiger partial charge in [-0.15, -0.1) is 0 Å².